The summed E-state index contributed by atoms with van der Waals surface area (Å²) >= 11 is 0. The second-order valence-corrected chi connectivity index (χ2v) is 6.50. The molecule has 0 spiro atoms. The molecular weight excluding hydrogens is 354 g/mol. The van der Waals surface area contributed by atoms with E-state index in [0.717, 1.165) is 28.2 Å². The Morgan fingerprint density at radius 3 is 1.72 bits per heavy atom. The van der Waals surface area contributed by atoms with E-state index in [1.165, 1.54) is 0 Å². The lowest BCUT2D eigenvalue weighted by molar-refractivity contribution is 1.28. The van der Waals surface area contributed by atoms with E-state index in [0.29, 0.717) is 5.57 Å². The molecule has 4 rings (SSSR count). The Morgan fingerprint density at radius 2 is 1.21 bits per heavy atom. The quantitative estimate of drug-likeness (QED) is 0.369. The van der Waals surface area contributed by atoms with E-state index in [1.807, 2.05) is 66.7 Å². The molecule has 0 aliphatic carbocycles. The largest absolute Gasteiger partial charge is 0.311 e. The molecule has 0 saturated heterocycles. The minimum Gasteiger partial charge on any atom is -0.311 e. The zero-order valence-corrected chi connectivity index (χ0v) is 15.8. The number of hydrogen-bond donors (Lipinski definition) is 0. The number of allylic oxidation sites excluding steroid dienone is 1. The third kappa shape index (κ3) is 4.23. The molecule has 0 fully saturated rings. The highest BCUT2D eigenvalue weighted by Crippen LogP contribution is 2.34. The van der Waals surface area contributed by atoms with Gasteiger partial charge in [-0.05, 0) is 65.7 Å². The number of anilines is 3. The van der Waals surface area contributed by atoms with Crippen LogP contribution in [0.25, 0.3) is 11.6 Å². The highest BCUT2D eigenvalue weighted by atomic mass is 15.1. The minimum atomic E-state index is 0.614. The molecule has 4 aromatic rings. The summed E-state index contributed by atoms with van der Waals surface area (Å²) in [6.07, 6.45) is 5.29. The number of hydrogen-bond acceptors (Lipinski definition) is 3. The van der Waals surface area contributed by atoms with Crippen LogP contribution in [0.1, 0.15) is 11.1 Å². The Kier molecular flexibility index (Phi) is 5.46. The second-order valence-electron chi connectivity index (χ2n) is 6.50. The number of para-hydroxylation sites is 2. The van der Waals surface area contributed by atoms with Gasteiger partial charge < -0.3 is 4.90 Å². The van der Waals surface area contributed by atoms with Crippen LogP contribution in [0.2, 0.25) is 0 Å². The Balaban J connectivity index is 1.70. The molecule has 0 aliphatic heterocycles. The van der Waals surface area contributed by atoms with Crippen molar-refractivity contribution in [1.29, 1.82) is 5.26 Å². The highest BCUT2D eigenvalue weighted by Gasteiger charge is 2.11. The Bertz CT molecular complexity index is 1090. The van der Waals surface area contributed by atoms with Crippen LogP contribution in [-0.4, -0.2) is 4.98 Å². The number of pyridine rings is 1. The normalized spacial score (nSPS) is 10.9. The number of rotatable bonds is 5. The van der Waals surface area contributed by atoms with Crippen LogP contribution >= 0.6 is 0 Å². The fraction of sp³-hybridized carbons (Fsp3) is 0. The smallest absolute Gasteiger partial charge is 0.0998 e. The first kappa shape index (κ1) is 18.2. The van der Waals surface area contributed by atoms with Crippen LogP contribution in [0, 0.1) is 11.3 Å². The first-order chi connectivity index (χ1) is 14.3. The minimum absolute atomic E-state index is 0.614. The van der Waals surface area contributed by atoms with E-state index >= 15 is 0 Å². The number of nitriles is 1. The van der Waals surface area contributed by atoms with E-state index in [4.69, 9.17) is 0 Å². The van der Waals surface area contributed by atoms with Crippen molar-refractivity contribution < 1.29 is 0 Å². The summed E-state index contributed by atoms with van der Waals surface area (Å²) < 4.78 is 0. The Morgan fingerprint density at radius 1 is 0.690 bits per heavy atom. The molecule has 138 valence electrons. The molecular formula is C26H19N3. The zero-order valence-electron chi connectivity index (χ0n) is 15.8. The maximum absolute atomic E-state index is 9.53. The third-order valence-corrected chi connectivity index (χ3v) is 4.60. The van der Waals surface area contributed by atoms with Crippen molar-refractivity contribution in [2.75, 3.05) is 4.90 Å². The Hall–Kier alpha value is -4.16. The van der Waals surface area contributed by atoms with Gasteiger partial charge in [-0.2, -0.15) is 5.26 Å². The van der Waals surface area contributed by atoms with Crippen molar-refractivity contribution in [2.24, 2.45) is 0 Å². The summed E-state index contributed by atoms with van der Waals surface area (Å²) in [4.78, 5) is 6.23. The van der Waals surface area contributed by atoms with E-state index in [-0.39, 0.29) is 0 Å². The number of aromatic nitrogens is 1. The van der Waals surface area contributed by atoms with Crippen molar-refractivity contribution in [1.82, 2.24) is 4.98 Å². The molecule has 0 unspecified atom stereocenters. The van der Waals surface area contributed by atoms with E-state index in [9.17, 15) is 5.26 Å². The number of nitrogens with zero attached hydrogens (tertiary/aromatic N) is 3. The van der Waals surface area contributed by atoms with Crippen LogP contribution in [0.15, 0.2) is 109 Å². The van der Waals surface area contributed by atoms with Gasteiger partial charge in [0, 0.05) is 29.5 Å². The van der Waals surface area contributed by atoms with Crippen LogP contribution in [0.3, 0.4) is 0 Å². The highest BCUT2D eigenvalue weighted by molar-refractivity contribution is 5.89. The summed E-state index contributed by atoms with van der Waals surface area (Å²) in [6, 6.07) is 34.8. The van der Waals surface area contributed by atoms with Crippen molar-refractivity contribution in [2.45, 2.75) is 0 Å². The monoisotopic (exact) mass is 373 g/mol. The molecule has 0 N–H and O–H groups in total. The fourth-order valence-corrected chi connectivity index (χ4v) is 3.20. The molecule has 0 radical (unpaired) electrons. The lowest BCUT2D eigenvalue weighted by Gasteiger charge is -2.25. The van der Waals surface area contributed by atoms with E-state index in [2.05, 4.69) is 52.4 Å². The topological polar surface area (TPSA) is 39.9 Å². The Labute approximate surface area is 170 Å². The molecule has 0 amide bonds. The average Bonchev–Trinajstić information content (AvgIpc) is 2.81. The lowest BCUT2D eigenvalue weighted by Crippen LogP contribution is -2.09. The molecule has 3 aromatic carbocycles. The number of benzene rings is 3. The van der Waals surface area contributed by atoms with Crippen LogP contribution in [-0.2, 0) is 0 Å². The maximum Gasteiger partial charge on any atom is 0.0998 e. The van der Waals surface area contributed by atoms with E-state index in [1.54, 1.807) is 12.4 Å². The SMILES string of the molecule is N#C/C(=C\c1ccc(N(c2ccccc2)c2ccccc2)cc1)c1ccncc1. The molecule has 29 heavy (non-hydrogen) atoms. The van der Waals surface area contributed by atoms with Crippen LogP contribution < -0.4 is 4.90 Å². The fourth-order valence-electron chi connectivity index (χ4n) is 3.20. The van der Waals surface area contributed by atoms with E-state index < -0.39 is 0 Å². The van der Waals surface area contributed by atoms with Gasteiger partial charge in [0.15, 0.2) is 0 Å². The summed E-state index contributed by atoms with van der Waals surface area (Å²) in [5.41, 5.74) is 5.70. The molecule has 0 saturated carbocycles. The summed E-state index contributed by atoms with van der Waals surface area (Å²) in [5.74, 6) is 0. The lowest BCUT2D eigenvalue weighted by atomic mass is 10.0. The second kappa shape index (κ2) is 8.69. The summed E-state index contributed by atoms with van der Waals surface area (Å²) in [6.45, 7) is 0. The zero-order chi connectivity index (χ0) is 19.9. The molecule has 0 bridgehead atoms. The average molecular weight is 373 g/mol. The molecule has 3 heteroatoms. The summed E-state index contributed by atoms with van der Waals surface area (Å²) in [5, 5.41) is 9.53. The van der Waals surface area contributed by atoms with Crippen LogP contribution in [0.5, 0.6) is 0 Å². The first-order valence-corrected chi connectivity index (χ1v) is 9.37. The van der Waals surface area contributed by atoms with Gasteiger partial charge in [-0.25, -0.2) is 0 Å². The van der Waals surface area contributed by atoms with Gasteiger partial charge in [0.2, 0.25) is 0 Å². The predicted molar refractivity (Wildman–Crippen MR) is 119 cm³/mol. The van der Waals surface area contributed by atoms with Crippen LogP contribution in [0.4, 0.5) is 17.1 Å². The van der Waals surface area contributed by atoms with Gasteiger partial charge in [0.1, 0.15) is 0 Å². The van der Waals surface area contributed by atoms with Gasteiger partial charge in [-0.1, -0.05) is 48.5 Å². The predicted octanol–water partition coefficient (Wildman–Crippen LogP) is 6.62. The van der Waals surface area contributed by atoms with Crippen molar-refractivity contribution in [3.63, 3.8) is 0 Å². The molecule has 0 atom stereocenters. The molecule has 0 aliphatic rings. The first-order valence-electron chi connectivity index (χ1n) is 9.37. The third-order valence-electron chi connectivity index (χ3n) is 4.60. The molecule has 1 aromatic heterocycles. The van der Waals surface area contributed by atoms with Gasteiger partial charge >= 0.3 is 0 Å². The van der Waals surface area contributed by atoms with Gasteiger partial charge in [0.25, 0.3) is 0 Å². The van der Waals surface area contributed by atoms with Crippen molar-refractivity contribution in [3.05, 3.63) is 121 Å². The van der Waals surface area contributed by atoms with Gasteiger partial charge in [0.05, 0.1) is 11.6 Å². The van der Waals surface area contributed by atoms with Gasteiger partial charge in [-0.15, -0.1) is 0 Å². The van der Waals surface area contributed by atoms with Crippen molar-refractivity contribution >= 4 is 28.7 Å². The summed E-state index contributed by atoms with van der Waals surface area (Å²) in [7, 11) is 0. The van der Waals surface area contributed by atoms with Crippen molar-refractivity contribution in [3.8, 4) is 6.07 Å². The maximum atomic E-state index is 9.53. The molecule has 3 nitrogen and oxygen atoms in total. The molecule has 1 heterocycles. The van der Waals surface area contributed by atoms with Gasteiger partial charge in [-0.3, -0.25) is 4.98 Å². The standard InChI is InChI=1S/C26H19N3/c27-20-23(22-15-17-28-18-16-22)19-21-11-13-26(14-12-21)29(24-7-3-1-4-8-24)25-9-5-2-6-10-25/h1-19H/b23-19+.